The molecule has 154 valence electrons. The summed E-state index contributed by atoms with van der Waals surface area (Å²) in [5.41, 5.74) is 2.75. The van der Waals surface area contributed by atoms with E-state index in [2.05, 4.69) is 4.98 Å². The molecule has 0 saturated heterocycles. The third-order valence-electron chi connectivity index (χ3n) is 5.17. The van der Waals surface area contributed by atoms with Gasteiger partial charge in [-0.1, -0.05) is 30.3 Å². The molecule has 1 aromatic heterocycles. The Morgan fingerprint density at radius 2 is 1.90 bits per heavy atom. The lowest BCUT2D eigenvalue weighted by Gasteiger charge is -2.29. The zero-order valence-corrected chi connectivity index (χ0v) is 16.8. The highest BCUT2D eigenvalue weighted by Gasteiger charge is 2.27. The molecular formula is C23H22N2O5. The molecule has 0 saturated carbocycles. The number of rotatable bonds is 6. The van der Waals surface area contributed by atoms with Gasteiger partial charge in [0, 0.05) is 28.7 Å². The van der Waals surface area contributed by atoms with Crippen molar-refractivity contribution < 1.29 is 23.9 Å². The molecule has 1 amide bonds. The van der Waals surface area contributed by atoms with Gasteiger partial charge in [-0.2, -0.15) is 0 Å². The minimum Gasteiger partial charge on any atom is -0.482 e. The Balaban J connectivity index is 1.41. The molecule has 0 aliphatic carbocycles. The van der Waals surface area contributed by atoms with Crippen LogP contribution in [0, 0.1) is 6.92 Å². The second-order valence-corrected chi connectivity index (χ2v) is 7.22. The van der Waals surface area contributed by atoms with E-state index in [1.165, 1.54) is 4.90 Å². The SMILES string of the molecule is Cc1[nH]c2ccccc2c1C(=O)C(C)OC(=O)CCN1C(=O)COc2ccccc21. The number of carbonyl (C=O) groups is 3. The zero-order valence-electron chi connectivity index (χ0n) is 16.8. The van der Waals surface area contributed by atoms with Crippen molar-refractivity contribution in [2.75, 3.05) is 18.1 Å². The van der Waals surface area contributed by atoms with Crippen LogP contribution < -0.4 is 9.64 Å². The first-order valence-corrected chi connectivity index (χ1v) is 9.79. The Hall–Kier alpha value is -3.61. The first-order chi connectivity index (χ1) is 14.5. The van der Waals surface area contributed by atoms with Gasteiger partial charge >= 0.3 is 5.97 Å². The van der Waals surface area contributed by atoms with E-state index in [9.17, 15) is 14.4 Å². The molecule has 30 heavy (non-hydrogen) atoms. The van der Waals surface area contributed by atoms with Crippen LogP contribution in [0.2, 0.25) is 0 Å². The van der Waals surface area contributed by atoms with Crippen LogP contribution in [-0.4, -0.2) is 41.9 Å². The number of para-hydroxylation sites is 3. The Morgan fingerprint density at radius 3 is 2.73 bits per heavy atom. The summed E-state index contributed by atoms with van der Waals surface area (Å²) in [5.74, 6) is -0.417. The summed E-state index contributed by atoms with van der Waals surface area (Å²) in [6.07, 6.45) is -0.951. The predicted octanol–water partition coefficient (Wildman–Crippen LogP) is 3.41. The number of fused-ring (bicyclic) bond motifs is 2. The molecule has 1 atom stereocenters. The van der Waals surface area contributed by atoms with Crippen molar-refractivity contribution in [1.82, 2.24) is 4.98 Å². The Morgan fingerprint density at radius 1 is 1.17 bits per heavy atom. The van der Waals surface area contributed by atoms with Crippen molar-refractivity contribution in [1.29, 1.82) is 0 Å². The number of ether oxygens (including phenoxy) is 2. The van der Waals surface area contributed by atoms with Gasteiger partial charge in [0.05, 0.1) is 12.1 Å². The molecule has 1 N–H and O–H groups in total. The Labute approximate surface area is 173 Å². The first kappa shape index (κ1) is 19.7. The topological polar surface area (TPSA) is 88.7 Å². The van der Waals surface area contributed by atoms with Gasteiger partial charge in [-0.3, -0.25) is 14.4 Å². The number of hydrogen-bond acceptors (Lipinski definition) is 5. The highest BCUT2D eigenvalue weighted by Crippen LogP contribution is 2.31. The number of amides is 1. The van der Waals surface area contributed by atoms with Crippen LogP contribution in [0.3, 0.4) is 0 Å². The number of hydrogen-bond donors (Lipinski definition) is 1. The van der Waals surface area contributed by atoms with Crippen LogP contribution in [0.15, 0.2) is 48.5 Å². The number of anilines is 1. The highest BCUT2D eigenvalue weighted by atomic mass is 16.5. The molecule has 1 aliphatic rings. The van der Waals surface area contributed by atoms with Crippen molar-refractivity contribution in [3.05, 3.63) is 59.8 Å². The summed E-state index contributed by atoms with van der Waals surface area (Å²) in [4.78, 5) is 42.2. The van der Waals surface area contributed by atoms with Gasteiger partial charge in [0.25, 0.3) is 5.91 Å². The number of aromatic nitrogens is 1. The number of carbonyl (C=O) groups excluding carboxylic acids is 3. The summed E-state index contributed by atoms with van der Waals surface area (Å²) in [6.45, 7) is 3.48. The van der Waals surface area contributed by atoms with Gasteiger partial charge in [-0.05, 0) is 32.0 Å². The molecule has 0 bridgehead atoms. The van der Waals surface area contributed by atoms with Crippen LogP contribution in [-0.2, 0) is 14.3 Å². The molecule has 1 aliphatic heterocycles. The zero-order chi connectivity index (χ0) is 21.3. The van der Waals surface area contributed by atoms with Crippen molar-refractivity contribution >= 4 is 34.3 Å². The fourth-order valence-electron chi connectivity index (χ4n) is 3.71. The van der Waals surface area contributed by atoms with Crippen LogP contribution in [0.5, 0.6) is 5.75 Å². The van der Waals surface area contributed by atoms with Gasteiger partial charge < -0.3 is 19.4 Å². The number of nitrogens with one attached hydrogen (secondary N) is 1. The van der Waals surface area contributed by atoms with Crippen molar-refractivity contribution in [3.8, 4) is 5.75 Å². The van der Waals surface area contributed by atoms with Gasteiger partial charge in [0.2, 0.25) is 5.78 Å². The van der Waals surface area contributed by atoms with Gasteiger partial charge in [0.15, 0.2) is 12.7 Å². The average Bonchev–Trinajstić information content (AvgIpc) is 3.08. The molecule has 2 aromatic carbocycles. The van der Waals surface area contributed by atoms with Gasteiger partial charge in [0.1, 0.15) is 5.75 Å². The number of benzene rings is 2. The maximum atomic E-state index is 12.9. The Bertz CT molecular complexity index is 1130. The van der Waals surface area contributed by atoms with E-state index in [0.29, 0.717) is 17.0 Å². The number of aromatic amines is 1. The number of ketones is 1. The molecule has 3 aromatic rings. The molecule has 2 heterocycles. The lowest BCUT2D eigenvalue weighted by molar-refractivity contribution is -0.146. The standard InChI is InChI=1S/C23H22N2O5/c1-14-22(16-7-3-4-8-17(16)24-14)23(28)15(2)30-21(27)11-12-25-18-9-5-6-10-19(18)29-13-20(25)26/h3-10,15,24H,11-13H2,1-2H3. The lowest BCUT2D eigenvalue weighted by atomic mass is 10.0. The van der Waals surface area contributed by atoms with Crippen LogP contribution >= 0.6 is 0 Å². The first-order valence-electron chi connectivity index (χ1n) is 9.79. The van der Waals surface area contributed by atoms with E-state index in [1.807, 2.05) is 37.3 Å². The van der Waals surface area contributed by atoms with Crippen molar-refractivity contribution in [2.45, 2.75) is 26.4 Å². The largest absolute Gasteiger partial charge is 0.482 e. The predicted molar refractivity (Wildman–Crippen MR) is 112 cm³/mol. The number of Topliss-reactive ketones (excluding diaryl/α,β-unsaturated/α-hetero) is 1. The van der Waals surface area contributed by atoms with Crippen molar-refractivity contribution in [2.24, 2.45) is 0 Å². The second-order valence-electron chi connectivity index (χ2n) is 7.22. The number of aryl methyl sites for hydroxylation is 1. The fraction of sp³-hybridized carbons (Fsp3) is 0.261. The minimum absolute atomic E-state index is 0.0233. The maximum Gasteiger partial charge on any atom is 0.308 e. The molecular weight excluding hydrogens is 384 g/mol. The van der Waals surface area contributed by atoms with Gasteiger partial charge in [-0.15, -0.1) is 0 Å². The van der Waals surface area contributed by atoms with Crippen LogP contribution in [0.4, 0.5) is 5.69 Å². The third kappa shape index (κ3) is 3.66. The van der Waals surface area contributed by atoms with Crippen LogP contribution in [0.1, 0.15) is 29.4 Å². The lowest BCUT2D eigenvalue weighted by Crippen LogP contribution is -2.40. The normalized spacial score (nSPS) is 14.2. The summed E-state index contributed by atoms with van der Waals surface area (Å²) in [5, 5.41) is 0.804. The van der Waals surface area contributed by atoms with Gasteiger partial charge in [-0.25, -0.2) is 0 Å². The number of esters is 1. The van der Waals surface area contributed by atoms with E-state index in [0.717, 1.165) is 16.6 Å². The third-order valence-corrected chi connectivity index (χ3v) is 5.17. The molecule has 4 rings (SSSR count). The van der Waals surface area contributed by atoms with E-state index in [-0.39, 0.29) is 31.3 Å². The molecule has 7 heteroatoms. The summed E-state index contributed by atoms with van der Waals surface area (Å²) in [6, 6.07) is 14.7. The molecule has 1 unspecified atom stereocenters. The Kier molecular flexibility index (Phi) is 5.27. The molecule has 0 fully saturated rings. The number of nitrogens with zero attached hydrogens (tertiary/aromatic N) is 1. The summed E-state index contributed by atoms with van der Waals surface area (Å²) in [7, 11) is 0. The van der Waals surface area contributed by atoms with E-state index < -0.39 is 12.1 Å². The van der Waals surface area contributed by atoms with Crippen molar-refractivity contribution in [3.63, 3.8) is 0 Å². The van der Waals surface area contributed by atoms with E-state index >= 15 is 0 Å². The second kappa shape index (κ2) is 8.02. The summed E-state index contributed by atoms with van der Waals surface area (Å²) >= 11 is 0. The maximum absolute atomic E-state index is 12.9. The van der Waals surface area contributed by atoms with Crippen LogP contribution in [0.25, 0.3) is 10.9 Å². The quantitative estimate of drug-likeness (QED) is 0.501. The number of H-pyrrole nitrogens is 1. The monoisotopic (exact) mass is 406 g/mol. The summed E-state index contributed by atoms with van der Waals surface area (Å²) < 4.78 is 10.8. The van der Waals surface area contributed by atoms with E-state index in [4.69, 9.17) is 9.47 Å². The smallest absolute Gasteiger partial charge is 0.308 e. The minimum atomic E-state index is -0.928. The fourth-order valence-corrected chi connectivity index (χ4v) is 3.71. The molecule has 7 nitrogen and oxygen atoms in total. The average molecular weight is 406 g/mol. The molecule has 0 radical (unpaired) electrons. The van der Waals surface area contributed by atoms with E-state index in [1.54, 1.807) is 25.1 Å². The highest BCUT2D eigenvalue weighted by molar-refractivity contribution is 6.11. The molecule has 0 spiro atoms.